The van der Waals surface area contributed by atoms with E-state index in [2.05, 4.69) is 10.3 Å². The molecular formula is C27H21N3O2. The number of carbonyl (C=O) groups is 1. The first-order chi connectivity index (χ1) is 15.7. The molecular weight excluding hydrogens is 398 g/mol. The number of benzene rings is 3. The number of nitrogens with one attached hydrogen (secondary N) is 1. The Hall–Kier alpha value is -4.38. The van der Waals surface area contributed by atoms with Crippen LogP contribution in [0.4, 0.5) is 5.69 Å². The van der Waals surface area contributed by atoms with E-state index >= 15 is 0 Å². The van der Waals surface area contributed by atoms with Crippen LogP contribution in [-0.4, -0.2) is 22.4 Å². The Kier molecular flexibility index (Phi) is 5.14. The van der Waals surface area contributed by atoms with Gasteiger partial charge in [0.15, 0.2) is 0 Å². The number of aromatic nitrogens is 2. The summed E-state index contributed by atoms with van der Waals surface area (Å²) < 4.78 is 7.43. The zero-order valence-corrected chi connectivity index (χ0v) is 17.5. The van der Waals surface area contributed by atoms with Crippen LogP contribution in [0.5, 0.6) is 5.75 Å². The number of hydrogen-bond acceptors (Lipinski definition) is 3. The molecule has 2 aromatic heterocycles. The lowest BCUT2D eigenvalue weighted by Gasteiger charge is -2.12. The van der Waals surface area contributed by atoms with E-state index in [9.17, 15) is 4.79 Å². The molecule has 0 radical (unpaired) electrons. The first kappa shape index (κ1) is 19.6. The van der Waals surface area contributed by atoms with Crippen molar-refractivity contribution >= 4 is 17.2 Å². The molecule has 0 spiro atoms. The molecule has 5 rings (SSSR count). The highest BCUT2D eigenvalue weighted by Gasteiger charge is 2.13. The topological polar surface area (TPSA) is 55.6 Å². The third kappa shape index (κ3) is 3.84. The molecule has 1 N–H and O–H groups in total. The number of rotatable bonds is 5. The lowest BCUT2D eigenvalue weighted by atomic mass is 10.0. The third-order valence-corrected chi connectivity index (χ3v) is 5.36. The molecule has 2 heterocycles. The molecule has 0 aliphatic heterocycles. The van der Waals surface area contributed by atoms with Gasteiger partial charge in [-0.1, -0.05) is 48.5 Å². The molecule has 3 aromatic carbocycles. The molecule has 5 aromatic rings. The first-order valence-corrected chi connectivity index (χ1v) is 10.3. The quantitative estimate of drug-likeness (QED) is 0.384. The Balaban J connectivity index is 1.41. The van der Waals surface area contributed by atoms with Crippen LogP contribution in [0.3, 0.4) is 0 Å². The SMILES string of the molecule is COc1ccc(-c2cn3ccccc3n2)cc1NC(=O)c1ccc(-c2ccccc2)cc1. The van der Waals surface area contributed by atoms with Gasteiger partial charge < -0.3 is 14.5 Å². The van der Waals surface area contributed by atoms with Gasteiger partial charge in [-0.2, -0.15) is 0 Å². The minimum absolute atomic E-state index is 0.199. The van der Waals surface area contributed by atoms with Crippen molar-refractivity contribution in [3.05, 3.63) is 109 Å². The molecule has 0 saturated carbocycles. The average Bonchev–Trinajstić information content (AvgIpc) is 3.29. The van der Waals surface area contributed by atoms with Crippen molar-refractivity contribution in [2.75, 3.05) is 12.4 Å². The van der Waals surface area contributed by atoms with Gasteiger partial charge in [0.1, 0.15) is 11.4 Å². The van der Waals surface area contributed by atoms with Crippen molar-refractivity contribution in [2.24, 2.45) is 0 Å². The lowest BCUT2D eigenvalue weighted by molar-refractivity contribution is 0.102. The second kappa shape index (κ2) is 8.40. The molecule has 32 heavy (non-hydrogen) atoms. The molecule has 5 nitrogen and oxygen atoms in total. The highest BCUT2D eigenvalue weighted by Crippen LogP contribution is 2.31. The number of anilines is 1. The fraction of sp³-hybridized carbons (Fsp3) is 0.0370. The third-order valence-electron chi connectivity index (χ3n) is 5.36. The molecule has 0 aliphatic rings. The number of fused-ring (bicyclic) bond motifs is 1. The summed E-state index contributed by atoms with van der Waals surface area (Å²) in [6.07, 6.45) is 3.92. The minimum Gasteiger partial charge on any atom is -0.495 e. The Morgan fingerprint density at radius 1 is 0.844 bits per heavy atom. The smallest absolute Gasteiger partial charge is 0.255 e. The largest absolute Gasteiger partial charge is 0.495 e. The van der Waals surface area contributed by atoms with Gasteiger partial charge in [0.2, 0.25) is 0 Å². The maximum Gasteiger partial charge on any atom is 0.255 e. The van der Waals surface area contributed by atoms with Crippen molar-refractivity contribution in [1.29, 1.82) is 0 Å². The fourth-order valence-corrected chi connectivity index (χ4v) is 3.68. The minimum atomic E-state index is -0.199. The van der Waals surface area contributed by atoms with E-state index in [1.807, 2.05) is 108 Å². The normalized spacial score (nSPS) is 10.8. The Labute approximate surface area is 185 Å². The van der Waals surface area contributed by atoms with E-state index in [0.29, 0.717) is 17.0 Å². The second-order valence-electron chi connectivity index (χ2n) is 7.40. The fourth-order valence-electron chi connectivity index (χ4n) is 3.68. The average molecular weight is 419 g/mol. The number of imidazole rings is 1. The summed E-state index contributed by atoms with van der Waals surface area (Å²) in [5.74, 6) is 0.391. The second-order valence-corrected chi connectivity index (χ2v) is 7.40. The number of hydrogen-bond donors (Lipinski definition) is 1. The molecule has 0 aliphatic carbocycles. The zero-order chi connectivity index (χ0) is 21.9. The lowest BCUT2D eigenvalue weighted by Crippen LogP contribution is -2.12. The summed E-state index contributed by atoms with van der Waals surface area (Å²) in [5, 5.41) is 2.98. The Morgan fingerprint density at radius 3 is 2.31 bits per heavy atom. The maximum absolute atomic E-state index is 12.9. The predicted octanol–water partition coefficient (Wildman–Crippen LogP) is 5.93. The maximum atomic E-state index is 12.9. The van der Waals surface area contributed by atoms with E-state index in [0.717, 1.165) is 28.0 Å². The van der Waals surface area contributed by atoms with Gasteiger partial charge >= 0.3 is 0 Å². The van der Waals surface area contributed by atoms with Gasteiger partial charge in [-0.25, -0.2) is 4.98 Å². The molecule has 0 bridgehead atoms. The zero-order valence-electron chi connectivity index (χ0n) is 17.5. The van der Waals surface area contributed by atoms with Crippen molar-refractivity contribution in [3.63, 3.8) is 0 Å². The van der Waals surface area contributed by atoms with Gasteiger partial charge in [0.05, 0.1) is 18.5 Å². The highest BCUT2D eigenvalue weighted by molar-refractivity contribution is 6.05. The Bertz CT molecular complexity index is 1360. The summed E-state index contributed by atoms with van der Waals surface area (Å²) in [5.41, 5.74) is 5.92. The van der Waals surface area contributed by atoms with E-state index in [4.69, 9.17) is 4.74 Å². The van der Waals surface area contributed by atoms with Crippen molar-refractivity contribution < 1.29 is 9.53 Å². The molecule has 1 amide bonds. The predicted molar refractivity (Wildman–Crippen MR) is 127 cm³/mol. The van der Waals surface area contributed by atoms with Gasteiger partial charge in [-0.15, -0.1) is 0 Å². The van der Waals surface area contributed by atoms with Gasteiger partial charge in [-0.3, -0.25) is 4.79 Å². The molecule has 0 unspecified atom stereocenters. The van der Waals surface area contributed by atoms with Crippen LogP contribution in [0.2, 0.25) is 0 Å². The van der Waals surface area contributed by atoms with Crippen LogP contribution >= 0.6 is 0 Å². The monoisotopic (exact) mass is 419 g/mol. The van der Waals surface area contributed by atoms with Crippen LogP contribution in [0, 0.1) is 0 Å². The molecule has 156 valence electrons. The van der Waals surface area contributed by atoms with E-state index < -0.39 is 0 Å². The summed E-state index contributed by atoms with van der Waals surface area (Å²) in [6.45, 7) is 0. The number of pyridine rings is 1. The van der Waals surface area contributed by atoms with Gasteiger partial charge in [-0.05, 0) is 53.6 Å². The molecule has 0 fully saturated rings. The van der Waals surface area contributed by atoms with Crippen LogP contribution < -0.4 is 10.1 Å². The van der Waals surface area contributed by atoms with E-state index in [1.54, 1.807) is 7.11 Å². The first-order valence-electron chi connectivity index (χ1n) is 10.3. The summed E-state index contributed by atoms with van der Waals surface area (Å²) in [4.78, 5) is 17.6. The van der Waals surface area contributed by atoms with E-state index in [-0.39, 0.29) is 5.91 Å². The van der Waals surface area contributed by atoms with Crippen molar-refractivity contribution in [2.45, 2.75) is 0 Å². The van der Waals surface area contributed by atoms with E-state index in [1.165, 1.54) is 0 Å². The Morgan fingerprint density at radius 2 is 1.56 bits per heavy atom. The van der Waals surface area contributed by atoms with Crippen LogP contribution in [0.15, 0.2) is 103 Å². The summed E-state index contributed by atoms with van der Waals surface area (Å²) >= 11 is 0. The molecule has 0 saturated heterocycles. The standard InChI is InChI=1S/C27H21N3O2/c1-32-25-15-14-22(24-18-30-16-6-5-9-26(30)28-24)17-23(25)29-27(31)21-12-10-20(11-13-21)19-7-3-2-4-8-19/h2-18H,1H3,(H,29,31). The van der Waals surface area contributed by atoms with Crippen LogP contribution in [0.25, 0.3) is 28.0 Å². The van der Waals surface area contributed by atoms with Gasteiger partial charge in [0.25, 0.3) is 5.91 Å². The number of carbonyl (C=O) groups excluding carboxylic acids is 1. The van der Waals surface area contributed by atoms with Crippen LogP contribution in [0.1, 0.15) is 10.4 Å². The number of amides is 1. The summed E-state index contributed by atoms with van der Waals surface area (Å²) in [7, 11) is 1.59. The number of methoxy groups -OCH3 is 1. The van der Waals surface area contributed by atoms with Crippen LogP contribution in [-0.2, 0) is 0 Å². The van der Waals surface area contributed by atoms with Crippen molar-refractivity contribution in [1.82, 2.24) is 9.38 Å². The van der Waals surface area contributed by atoms with Gasteiger partial charge in [0, 0.05) is 23.5 Å². The molecule has 0 atom stereocenters. The number of nitrogens with zero attached hydrogens (tertiary/aromatic N) is 2. The number of ether oxygens (including phenoxy) is 1. The highest BCUT2D eigenvalue weighted by atomic mass is 16.5. The molecule has 5 heteroatoms. The summed E-state index contributed by atoms with van der Waals surface area (Å²) in [6, 6.07) is 29.2. The van der Waals surface area contributed by atoms with Crippen molar-refractivity contribution in [3.8, 4) is 28.1 Å².